The van der Waals surface area contributed by atoms with Crippen LogP contribution >= 0.6 is 0 Å². The highest BCUT2D eigenvalue weighted by Gasteiger charge is 2.14. The Labute approximate surface area is 192 Å². The Hall–Kier alpha value is -1.92. The lowest BCUT2D eigenvalue weighted by molar-refractivity contribution is 0.0271. The van der Waals surface area contributed by atoms with Gasteiger partial charge in [0.05, 0.1) is 12.2 Å². The summed E-state index contributed by atoms with van der Waals surface area (Å²) in [6.07, 6.45) is 14.8. The van der Waals surface area contributed by atoms with Crippen molar-refractivity contribution in [2.45, 2.75) is 89.3 Å². The highest BCUT2D eigenvalue weighted by Crippen LogP contribution is 2.21. The maximum Gasteiger partial charge on any atom is 0.251 e. The van der Waals surface area contributed by atoms with Crippen LogP contribution in [0.3, 0.4) is 0 Å². The molecular formula is C26H40N2O4. The smallest absolute Gasteiger partial charge is 0.251 e. The Bertz CT molecular complexity index is 621. The van der Waals surface area contributed by atoms with E-state index in [0.29, 0.717) is 49.6 Å². The zero-order valence-corrected chi connectivity index (χ0v) is 19.4. The highest BCUT2D eigenvalue weighted by molar-refractivity contribution is 5.97. The molecule has 0 unspecified atom stereocenters. The molecule has 32 heavy (non-hydrogen) atoms. The first-order valence-electron chi connectivity index (χ1n) is 12.6. The molecule has 2 amide bonds. The summed E-state index contributed by atoms with van der Waals surface area (Å²) < 4.78 is 11.8. The number of ether oxygens (including phenoxy) is 2. The van der Waals surface area contributed by atoms with Crippen molar-refractivity contribution in [2.75, 3.05) is 26.3 Å². The van der Waals surface area contributed by atoms with Gasteiger partial charge in [0.2, 0.25) is 0 Å². The van der Waals surface area contributed by atoms with Gasteiger partial charge in [0, 0.05) is 37.4 Å². The van der Waals surface area contributed by atoms with Gasteiger partial charge in [-0.1, -0.05) is 38.5 Å². The molecule has 178 valence electrons. The second kappa shape index (κ2) is 14.3. The molecule has 2 aliphatic rings. The van der Waals surface area contributed by atoms with Gasteiger partial charge in [0.1, 0.15) is 0 Å². The van der Waals surface area contributed by atoms with Crippen molar-refractivity contribution in [3.8, 4) is 0 Å². The third kappa shape index (κ3) is 8.91. The van der Waals surface area contributed by atoms with Gasteiger partial charge < -0.3 is 20.1 Å². The fraction of sp³-hybridized carbons (Fsp3) is 0.692. The summed E-state index contributed by atoms with van der Waals surface area (Å²) in [4.78, 5) is 24.6. The Morgan fingerprint density at radius 2 is 1.03 bits per heavy atom. The van der Waals surface area contributed by atoms with E-state index in [4.69, 9.17) is 9.47 Å². The molecule has 2 N–H and O–H groups in total. The molecular weight excluding hydrogens is 404 g/mol. The third-order valence-electron chi connectivity index (χ3n) is 6.43. The van der Waals surface area contributed by atoms with Gasteiger partial charge in [-0.05, 0) is 62.8 Å². The normalized spacial score (nSPS) is 17.8. The van der Waals surface area contributed by atoms with Crippen LogP contribution < -0.4 is 10.6 Å². The molecule has 0 aromatic heterocycles. The van der Waals surface area contributed by atoms with Crippen LogP contribution in [-0.2, 0) is 9.47 Å². The van der Waals surface area contributed by atoms with Crippen LogP contribution in [0.4, 0.5) is 0 Å². The molecule has 2 aliphatic carbocycles. The Kier molecular flexibility index (Phi) is 11.0. The summed E-state index contributed by atoms with van der Waals surface area (Å²) in [5.74, 6) is -0.232. The minimum atomic E-state index is -0.116. The predicted molar refractivity (Wildman–Crippen MR) is 126 cm³/mol. The van der Waals surface area contributed by atoms with Crippen LogP contribution in [0.2, 0.25) is 0 Å². The van der Waals surface area contributed by atoms with E-state index >= 15 is 0 Å². The zero-order chi connectivity index (χ0) is 22.4. The summed E-state index contributed by atoms with van der Waals surface area (Å²) in [6.45, 7) is 2.57. The monoisotopic (exact) mass is 444 g/mol. The summed E-state index contributed by atoms with van der Waals surface area (Å²) in [6, 6.07) is 6.81. The van der Waals surface area contributed by atoms with Gasteiger partial charge in [-0.25, -0.2) is 0 Å². The lowest BCUT2D eigenvalue weighted by Gasteiger charge is -2.21. The fourth-order valence-electron chi connectivity index (χ4n) is 4.49. The molecule has 6 nitrogen and oxygen atoms in total. The van der Waals surface area contributed by atoms with Crippen molar-refractivity contribution in [1.82, 2.24) is 10.6 Å². The minimum absolute atomic E-state index is 0.116. The number of amides is 2. The van der Waals surface area contributed by atoms with Crippen molar-refractivity contribution in [1.29, 1.82) is 0 Å². The molecule has 0 spiro atoms. The van der Waals surface area contributed by atoms with Gasteiger partial charge in [0.15, 0.2) is 0 Å². The Morgan fingerprint density at radius 3 is 1.41 bits per heavy atom. The lowest BCUT2D eigenvalue weighted by atomic mass is 9.98. The largest absolute Gasteiger partial charge is 0.378 e. The Morgan fingerprint density at radius 1 is 0.656 bits per heavy atom. The molecule has 1 aromatic carbocycles. The maximum atomic E-state index is 12.3. The molecule has 0 heterocycles. The molecule has 0 aliphatic heterocycles. The molecule has 0 atom stereocenters. The third-order valence-corrected chi connectivity index (χ3v) is 6.43. The van der Waals surface area contributed by atoms with Crippen molar-refractivity contribution in [3.05, 3.63) is 35.4 Å². The maximum absolute atomic E-state index is 12.3. The number of rotatable bonds is 12. The number of nitrogens with one attached hydrogen (secondary N) is 2. The van der Waals surface area contributed by atoms with Crippen LogP contribution in [0.1, 0.15) is 97.8 Å². The van der Waals surface area contributed by atoms with E-state index in [9.17, 15) is 9.59 Å². The quantitative estimate of drug-likeness (QED) is 0.461. The van der Waals surface area contributed by atoms with Crippen LogP contribution in [-0.4, -0.2) is 50.3 Å². The van der Waals surface area contributed by atoms with Crippen molar-refractivity contribution in [2.24, 2.45) is 0 Å². The molecule has 0 saturated heterocycles. The molecule has 0 radical (unpaired) electrons. The summed E-state index contributed by atoms with van der Waals surface area (Å²) in [7, 11) is 0. The van der Waals surface area contributed by atoms with Crippen LogP contribution in [0.5, 0.6) is 0 Å². The summed E-state index contributed by atoms with van der Waals surface area (Å²) >= 11 is 0. The van der Waals surface area contributed by atoms with Gasteiger partial charge in [0.25, 0.3) is 11.8 Å². The van der Waals surface area contributed by atoms with Gasteiger partial charge in [-0.3, -0.25) is 9.59 Å². The van der Waals surface area contributed by atoms with E-state index in [-0.39, 0.29) is 11.8 Å². The van der Waals surface area contributed by atoms with Crippen LogP contribution in [0, 0.1) is 0 Å². The number of carbonyl (C=O) groups is 2. The molecule has 6 heteroatoms. The van der Waals surface area contributed by atoms with Gasteiger partial charge >= 0.3 is 0 Å². The molecule has 2 saturated carbocycles. The van der Waals surface area contributed by atoms with Crippen molar-refractivity contribution in [3.63, 3.8) is 0 Å². The minimum Gasteiger partial charge on any atom is -0.378 e. The molecule has 1 aromatic rings. The second-order valence-corrected chi connectivity index (χ2v) is 9.06. The highest BCUT2D eigenvalue weighted by atomic mass is 16.5. The first-order valence-corrected chi connectivity index (χ1v) is 12.6. The summed E-state index contributed by atoms with van der Waals surface area (Å²) in [5.41, 5.74) is 1.13. The van der Waals surface area contributed by atoms with Crippen LogP contribution in [0.15, 0.2) is 24.3 Å². The summed E-state index contributed by atoms with van der Waals surface area (Å²) in [5, 5.41) is 5.85. The average molecular weight is 445 g/mol. The Balaban J connectivity index is 1.25. The molecule has 0 bridgehead atoms. The molecule has 2 fully saturated rings. The average Bonchev–Trinajstić information content (AvgIpc) is 2.85. The van der Waals surface area contributed by atoms with Gasteiger partial charge in [-0.15, -0.1) is 0 Å². The lowest BCUT2D eigenvalue weighted by Crippen LogP contribution is -2.27. The van der Waals surface area contributed by atoms with E-state index in [2.05, 4.69) is 10.6 Å². The molecule has 3 rings (SSSR count). The van der Waals surface area contributed by atoms with E-state index in [1.165, 1.54) is 64.2 Å². The number of hydrogen-bond donors (Lipinski definition) is 2. The predicted octanol–water partition coefficient (Wildman–Crippen LogP) is 4.63. The zero-order valence-electron chi connectivity index (χ0n) is 19.4. The first-order chi connectivity index (χ1) is 15.7. The topological polar surface area (TPSA) is 76.7 Å². The first kappa shape index (κ1) is 24.7. The van der Waals surface area contributed by atoms with Crippen molar-refractivity contribution < 1.29 is 19.1 Å². The number of hydrogen-bond acceptors (Lipinski definition) is 4. The number of carbonyl (C=O) groups excluding carboxylic acids is 2. The number of benzene rings is 1. The second-order valence-electron chi connectivity index (χ2n) is 9.06. The van der Waals surface area contributed by atoms with Crippen LogP contribution in [0.25, 0.3) is 0 Å². The standard InChI is InChI=1S/C26H40N2O4/c29-25(27-17-7-19-31-23-9-3-1-4-10-23)21-13-15-22(16-14-21)26(30)28-18-8-20-32-24-11-5-2-6-12-24/h13-16,23-24H,1-12,17-20H2,(H,27,29)(H,28,30). The van der Waals surface area contributed by atoms with E-state index < -0.39 is 0 Å². The van der Waals surface area contributed by atoms with E-state index in [0.717, 1.165) is 12.8 Å². The van der Waals surface area contributed by atoms with Gasteiger partial charge in [-0.2, -0.15) is 0 Å². The SMILES string of the molecule is O=C(NCCCOC1CCCCC1)c1ccc(C(=O)NCCCOC2CCCCC2)cc1. The fourth-order valence-corrected chi connectivity index (χ4v) is 4.49. The van der Waals surface area contributed by atoms with E-state index in [1.54, 1.807) is 24.3 Å². The van der Waals surface area contributed by atoms with E-state index in [1.807, 2.05) is 0 Å². The van der Waals surface area contributed by atoms with Crippen molar-refractivity contribution >= 4 is 11.8 Å².